The van der Waals surface area contributed by atoms with Gasteiger partial charge in [-0.15, -0.1) is 0 Å². The van der Waals surface area contributed by atoms with Crippen LogP contribution >= 0.6 is 0 Å². The second-order valence-corrected chi connectivity index (χ2v) is 6.97. The molecule has 2 rings (SSSR count). The van der Waals surface area contributed by atoms with Crippen molar-refractivity contribution in [3.8, 4) is 0 Å². The molecule has 1 aromatic rings. The van der Waals surface area contributed by atoms with E-state index < -0.39 is 6.04 Å². The van der Waals surface area contributed by atoms with E-state index in [2.05, 4.69) is 34.5 Å². The number of amides is 2. The largest absolute Gasteiger partial charge is 0.345 e. The Labute approximate surface area is 145 Å². The van der Waals surface area contributed by atoms with Crippen LogP contribution in [0.25, 0.3) is 0 Å². The van der Waals surface area contributed by atoms with E-state index in [0.29, 0.717) is 12.3 Å². The van der Waals surface area contributed by atoms with Crippen molar-refractivity contribution >= 4 is 11.8 Å². The molecule has 1 aliphatic rings. The molecule has 1 fully saturated rings. The van der Waals surface area contributed by atoms with Crippen molar-refractivity contribution in [1.29, 1.82) is 0 Å². The maximum absolute atomic E-state index is 12.5. The Morgan fingerprint density at radius 2 is 1.67 bits per heavy atom. The summed E-state index contributed by atoms with van der Waals surface area (Å²) < 4.78 is 0. The molecule has 1 heterocycles. The zero-order valence-corrected chi connectivity index (χ0v) is 15.0. The predicted molar refractivity (Wildman–Crippen MR) is 95.4 cm³/mol. The Morgan fingerprint density at radius 3 is 2.25 bits per heavy atom. The number of nitrogens with zero attached hydrogens (tertiary/aromatic N) is 2. The molecular weight excluding hydrogens is 302 g/mol. The van der Waals surface area contributed by atoms with Crippen molar-refractivity contribution < 1.29 is 9.59 Å². The van der Waals surface area contributed by atoms with E-state index in [9.17, 15) is 9.59 Å². The van der Waals surface area contributed by atoms with Crippen molar-refractivity contribution in [2.45, 2.75) is 39.8 Å². The molecule has 0 spiro atoms. The Hall–Kier alpha value is -1.88. The number of benzene rings is 1. The predicted octanol–water partition coefficient (Wildman–Crippen LogP) is 1.88. The normalized spacial score (nSPS) is 16.9. The van der Waals surface area contributed by atoms with E-state index in [1.807, 2.05) is 24.8 Å². The fraction of sp³-hybridized carbons (Fsp3) is 0.579. The summed E-state index contributed by atoms with van der Waals surface area (Å²) in [5.74, 6) is 0.272. The van der Waals surface area contributed by atoms with E-state index in [1.54, 1.807) is 6.92 Å². The molecule has 1 N–H and O–H groups in total. The van der Waals surface area contributed by atoms with Gasteiger partial charge in [0.1, 0.15) is 6.04 Å². The molecule has 5 heteroatoms. The molecule has 0 aliphatic carbocycles. The molecule has 1 saturated heterocycles. The summed E-state index contributed by atoms with van der Waals surface area (Å²) >= 11 is 0. The molecule has 1 aromatic carbocycles. The lowest BCUT2D eigenvalue weighted by Crippen LogP contribution is -2.54. The molecule has 0 bridgehead atoms. The highest BCUT2D eigenvalue weighted by molar-refractivity contribution is 5.87. The summed E-state index contributed by atoms with van der Waals surface area (Å²) in [4.78, 5) is 28.5. The van der Waals surface area contributed by atoms with Gasteiger partial charge in [0, 0.05) is 39.1 Å². The second-order valence-electron chi connectivity index (χ2n) is 6.97. The van der Waals surface area contributed by atoms with Gasteiger partial charge < -0.3 is 10.2 Å². The molecule has 24 heavy (non-hydrogen) atoms. The number of nitrogens with one attached hydrogen (secondary N) is 1. The highest BCUT2D eigenvalue weighted by Gasteiger charge is 2.25. The fourth-order valence-corrected chi connectivity index (χ4v) is 2.97. The molecule has 2 amide bonds. The van der Waals surface area contributed by atoms with Gasteiger partial charge in [-0.1, -0.05) is 44.2 Å². The van der Waals surface area contributed by atoms with Crippen molar-refractivity contribution in [1.82, 2.24) is 15.1 Å². The van der Waals surface area contributed by atoms with Gasteiger partial charge in [0.05, 0.1) is 0 Å². The zero-order chi connectivity index (χ0) is 17.5. The molecule has 1 atom stereocenters. The number of rotatable bonds is 6. The van der Waals surface area contributed by atoms with Crippen LogP contribution in [-0.2, 0) is 16.1 Å². The zero-order valence-electron chi connectivity index (χ0n) is 15.0. The molecular formula is C19H29N3O2. The quantitative estimate of drug-likeness (QED) is 0.866. The number of hydrogen-bond acceptors (Lipinski definition) is 3. The van der Waals surface area contributed by atoms with Gasteiger partial charge in [-0.2, -0.15) is 0 Å². The van der Waals surface area contributed by atoms with Crippen LogP contribution in [0.15, 0.2) is 30.3 Å². The van der Waals surface area contributed by atoms with Gasteiger partial charge in [0.15, 0.2) is 0 Å². The Morgan fingerprint density at radius 1 is 1.04 bits per heavy atom. The first kappa shape index (κ1) is 18.5. The Kier molecular flexibility index (Phi) is 6.79. The van der Waals surface area contributed by atoms with E-state index in [0.717, 1.165) is 32.7 Å². The molecule has 0 unspecified atom stereocenters. The van der Waals surface area contributed by atoms with Crippen LogP contribution in [0.4, 0.5) is 0 Å². The van der Waals surface area contributed by atoms with Gasteiger partial charge in [0.2, 0.25) is 11.8 Å². The summed E-state index contributed by atoms with van der Waals surface area (Å²) in [6.07, 6.45) is 0.461. The van der Waals surface area contributed by atoms with E-state index in [4.69, 9.17) is 0 Å². The highest BCUT2D eigenvalue weighted by atomic mass is 16.2. The maximum atomic E-state index is 12.5. The lowest BCUT2D eigenvalue weighted by Gasteiger charge is -2.36. The van der Waals surface area contributed by atoms with Crippen molar-refractivity contribution in [3.05, 3.63) is 35.9 Å². The summed E-state index contributed by atoms with van der Waals surface area (Å²) in [5.41, 5.74) is 1.30. The first-order valence-electron chi connectivity index (χ1n) is 8.80. The first-order valence-corrected chi connectivity index (χ1v) is 8.80. The Bertz CT molecular complexity index is 537. The summed E-state index contributed by atoms with van der Waals surface area (Å²) in [5, 5.41) is 2.82. The summed E-state index contributed by atoms with van der Waals surface area (Å²) in [6, 6.07) is 9.94. The third-order valence-corrected chi connectivity index (χ3v) is 4.27. The lowest BCUT2D eigenvalue weighted by molar-refractivity contribution is -0.137. The van der Waals surface area contributed by atoms with Crippen LogP contribution in [0.5, 0.6) is 0 Å². The number of carbonyl (C=O) groups is 2. The Balaban J connectivity index is 1.76. The molecule has 0 radical (unpaired) electrons. The van der Waals surface area contributed by atoms with E-state index in [1.165, 1.54) is 5.56 Å². The number of hydrogen-bond donors (Lipinski definition) is 1. The van der Waals surface area contributed by atoms with Gasteiger partial charge >= 0.3 is 0 Å². The minimum Gasteiger partial charge on any atom is -0.345 e. The van der Waals surface area contributed by atoms with Crippen molar-refractivity contribution in [3.63, 3.8) is 0 Å². The number of piperazine rings is 1. The van der Waals surface area contributed by atoms with Gasteiger partial charge in [0.25, 0.3) is 0 Å². The molecule has 5 nitrogen and oxygen atoms in total. The van der Waals surface area contributed by atoms with Crippen LogP contribution in [0, 0.1) is 5.92 Å². The molecule has 0 saturated carbocycles. The van der Waals surface area contributed by atoms with Gasteiger partial charge in [-0.25, -0.2) is 0 Å². The minimum absolute atomic E-state index is 0.0199. The second kappa shape index (κ2) is 8.83. The SMILES string of the molecule is CC(C)CC(=O)N[C@@H](C)C(=O)N1CCN(Cc2ccccc2)CC1. The lowest BCUT2D eigenvalue weighted by atomic mass is 10.1. The molecule has 1 aliphatic heterocycles. The van der Waals surface area contributed by atoms with Gasteiger partial charge in [-0.05, 0) is 18.4 Å². The minimum atomic E-state index is -0.447. The monoisotopic (exact) mass is 331 g/mol. The third-order valence-electron chi connectivity index (χ3n) is 4.27. The molecule has 0 aromatic heterocycles. The maximum Gasteiger partial charge on any atom is 0.244 e. The first-order chi connectivity index (χ1) is 11.5. The number of carbonyl (C=O) groups excluding carboxylic acids is 2. The van der Waals surface area contributed by atoms with Crippen molar-refractivity contribution in [2.24, 2.45) is 5.92 Å². The standard InChI is InChI=1S/C19H29N3O2/c1-15(2)13-18(23)20-16(3)19(24)22-11-9-21(10-12-22)14-17-7-5-4-6-8-17/h4-8,15-16H,9-14H2,1-3H3,(H,20,23)/t16-/m0/s1. The fourth-order valence-electron chi connectivity index (χ4n) is 2.97. The summed E-state index contributed by atoms with van der Waals surface area (Å²) in [6.45, 7) is 9.86. The highest BCUT2D eigenvalue weighted by Crippen LogP contribution is 2.09. The smallest absolute Gasteiger partial charge is 0.244 e. The third kappa shape index (κ3) is 5.64. The van der Waals surface area contributed by atoms with Crippen LogP contribution < -0.4 is 5.32 Å². The average Bonchev–Trinajstić information content (AvgIpc) is 2.55. The van der Waals surface area contributed by atoms with E-state index >= 15 is 0 Å². The van der Waals surface area contributed by atoms with Crippen LogP contribution in [-0.4, -0.2) is 53.8 Å². The summed E-state index contributed by atoms with van der Waals surface area (Å²) in [7, 11) is 0. The van der Waals surface area contributed by atoms with Crippen LogP contribution in [0.1, 0.15) is 32.8 Å². The van der Waals surface area contributed by atoms with E-state index in [-0.39, 0.29) is 11.8 Å². The van der Waals surface area contributed by atoms with Crippen molar-refractivity contribution in [2.75, 3.05) is 26.2 Å². The van der Waals surface area contributed by atoms with Crippen LogP contribution in [0.2, 0.25) is 0 Å². The van der Waals surface area contributed by atoms with Gasteiger partial charge in [-0.3, -0.25) is 14.5 Å². The average molecular weight is 331 g/mol. The van der Waals surface area contributed by atoms with Crippen LogP contribution in [0.3, 0.4) is 0 Å². The topological polar surface area (TPSA) is 52.7 Å². The molecule has 132 valence electrons.